The second-order valence-electron chi connectivity index (χ2n) is 3.48. The van der Waals surface area contributed by atoms with Crippen molar-refractivity contribution in [1.82, 2.24) is 10.6 Å². The van der Waals surface area contributed by atoms with Crippen LogP contribution in [0.3, 0.4) is 0 Å². The van der Waals surface area contributed by atoms with Crippen LogP contribution in [0.4, 0.5) is 4.79 Å². The summed E-state index contributed by atoms with van der Waals surface area (Å²) in [5.74, 6) is -0.178. The van der Waals surface area contributed by atoms with Crippen molar-refractivity contribution in [1.29, 1.82) is 0 Å². The first kappa shape index (κ1) is 15.1. The van der Waals surface area contributed by atoms with Crippen molar-refractivity contribution in [2.75, 3.05) is 19.7 Å². The highest BCUT2D eigenvalue weighted by molar-refractivity contribution is 14.1. The number of hydrogen-bond acceptors (Lipinski definition) is 4. The lowest BCUT2D eigenvalue weighted by Gasteiger charge is -2.08. The Morgan fingerprint density at radius 3 is 2.31 bits per heavy atom. The summed E-state index contributed by atoms with van der Waals surface area (Å²) in [6.45, 7) is 3.89. The zero-order valence-electron chi connectivity index (χ0n) is 9.21. The summed E-state index contributed by atoms with van der Waals surface area (Å²) in [6.07, 6.45) is -0.635. The van der Waals surface area contributed by atoms with Gasteiger partial charge in [0.2, 0.25) is 9.70 Å². The second kappa shape index (κ2) is 8.31. The third-order valence-electron chi connectivity index (χ3n) is 1.37. The summed E-state index contributed by atoms with van der Waals surface area (Å²) in [5.41, 5.74) is 0. The van der Waals surface area contributed by atoms with Gasteiger partial charge in [0.1, 0.15) is 6.54 Å². The van der Waals surface area contributed by atoms with Gasteiger partial charge in [0.25, 0.3) is 0 Å². The van der Waals surface area contributed by atoms with E-state index in [1.807, 2.05) is 13.8 Å². The highest BCUT2D eigenvalue weighted by Gasteiger charge is 2.07. The van der Waals surface area contributed by atoms with Crippen LogP contribution in [0.15, 0.2) is 0 Å². The molecule has 0 aliphatic carbocycles. The number of alkyl carbamates (subject to hydrolysis) is 1. The smallest absolute Gasteiger partial charge is 0.407 e. The Balaban J connectivity index is 3.59. The molecule has 0 spiro atoms. The largest absolute Gasteiger partial charge is 0.449 e. The molecule has 0 saturated heterocycles. The first-order valence-corrected chi connectivity index (χ1v) is 5.85. The quantitative estimate of drug-likeness (QED) is 0.542. The Morgan fingerprint density at radius 1 is 1.19 bits per heavy atom. The van der Waals surface area contributed by atoms with Gasteiger partial charge in [-0.1, -0.05) is 13.8 Å². The van der Waals surface area contributed by atoms with Crippen LogP contribution >= 0.6 is 22.6 Å². The molecular weight excluding hydrogens is 327 g/mol. The highest BCUT2D eigenvalue weighted by Crippen LogP contribution is 1.92. The summed E-state index contributed by atoms with van der Waals surface area (Å²) in [6, 6.07) is 0. The summed E-state index contributed by atoms with van der Waals surface area (Å²) in [4.78, 5) is 32.6. The van der Waals surface area contributed by atoms with Gasteiger partial charge in [-0.15, -0.1) is 0 Å². The van der Waals surface area contributed by atoms with Crippen LogP contribution < -0.4 is 10.6 Å². The molecule has 6 nitrogen and oxygen atoms in total. The molecular formula is C9H15IN2O4. The molecule has 0 unspecified atom stereocenters. The number of carbonyl (C=O) groups excluding carboxylic acids is 3. The van der Waals surface area contributed by atoms with Gasteiger partial charge in [0.05, 0.1) is 13.2 Å². The van der Waals surface area contributed by atoms with Crippen molar-refractivity contribution in [3.05, 3.63) is 0 Å². The third kappa shape index (κ3) is 9.69. The molecule has 0 aromatic carbocycles. The predicted molar refractivity (Wildman–Crippen MR) is 66.2 cm³/mol. The van der Waals surface area contributed by atoms with E-state index < -0.39 is 12.0 Å². The van der Waals surface area contributed by atoms with Crippen LogP contribution in [-0.2, 0) is 14.3 Å². The molecule has 0 atom stereocenters. The summed E-state index contributed by atoms with van der Waals surface area (Å²) >= 11 is 1.57. The molecule has 0 saturated carbocycles. The maximum absolute atomic E-state index is 11.1. The number of amides is 2. The van der Waals surface area contributed by atoms with Gasteiger partial charge < -0.3 is 15.4 Å². The molecule has 0 aromatic heterocycles. The fourth-order valence-electron chi connectivity index (χ4n) is 0.676. The van der Waals surface area contributed by atoms with E-state index in [4.69, 9.17) is 4.74 Å². The van der Waals surface area contributed by atoms with E-state index in [0.717, 1.165) is 0 Å². The molecule has 0 radical (unpaired) electrons. The minimum atomic E-state index is -0.635. The van der Waals surface area contributed by atoms with Crippen LogP contribution in [0, 0.1) is 5.92 Å². The topological polar surface area (TPSA) is 84.5 Å². The number of carbonyl (C=O) groups is 3. The minimum absolute atomic E-state index is 0.0396. The standard InChI is InChI=1S/C9H15IN2O4/c1-6(2)5-16-9(15)12-4-8(14)11-3-7(10)13/h6H,3-5H2,1-2H3,(H,11,14)(H,12,15). The van der Waals surface area contributed by atoms with Crippen molar-refractivity contribution >= 4 is 38.4 Å². The highest BCUT2D eigenvalue weighted by atomic mass is 127. The summed E-state index contributed by atoms with van der Waals surface area (Å²) in [7, 11) is 0. The number of ether oxygens (including phenoxy) is 1. The van der Waals surface area contributed by atoms with Crippen LogP contribution in [0.5, 0.6) is 0 Å². The van der Waals surface area contributed by atoms with E-state index in [1.54, 1.807) is 22.6 Å². The van der Waals surface area contributed by atoms with E-state index >= 15 is 0 Å². The fourth-order valence-corrected chi connectivity index (χ4v) is 0.867. The maximum atomic E-state index is 11.1. The molecule has 0 heterocycles. The average molecular weight is 342 g/mol. The van der Waals surface area contributed by atoms with Gasteiger partial charge in [-0.05, 0) is 5.92 Å². The van der Waals surface area contributed by atoms with Crippen molar-refractivity contribution in [2.45, 2.75) is 13.8 Å². The molecule has 2 N–H and O–H groups in total. The van der Waals surface area contributed by atoms with Gasteiger partial charge in [-0.3, -0.25) is 9.59 Å². The second-order valence-corrected chi connectivity index (χ2v) is 4.68. The van der Waals surface area contributed by atoms with Gasteiger partial charge in [0, 0.05) is 22.6 Å². The van der Waals surface area contributed by atoms with Crippen molar-refractivity contribution in [3.8, 4) is 0 Å². The van der Waals surface area contributed by atoms with E-state index in [1.165, 1.54) is 0 Å². The Labute approximate surface area is 108 Å². The number of nitrogens with one attached hydrogen (secondary N) is 2. The van der Waals surface area contributed by atoms with Gasteiger partial charge in [-0.25, -0.2) is 4.79 Å². The molecule has 7 heteroatoms. The third-order valence-corrected chi connectivity index (χ3v) is 1.75. The van der Waals surface area contributed by atoms with E-state index in [2.05, 4.69) is 10.6 Å². The van der Waals surface area contributed by atoms with Gasteiger partial charge in [0.15, 0.2) is 0 Å². The lowest BCUT2D eigenvalue weighted by molar-refractivity contribution is -0.121. The average Bonchev–Trinajstić information content (AvgIpc) is 2.20. The van der Waals surface area contributed by atoms with E-state index in [-0.39, 0.29) is 22.8 Å². The predicted octanol–water partition coefficient (Wildman–Crippen LogP) is 0.446. The molecule has 0 fully saturated rings. The van der Waals surface area contributed by atoms with E-state index in [9.17, 15) is 14.4 Å². The number of rotatable bonds is 6. The number of hydrogen-bond donors (Lipinski definition) is 2. The molecule has 0 aliphatic heterocycles. The minimum Gasteiger partial charge on any atom is -0.449 e. The van der Waals surface area contributed by atoms with Crippen molar-refractivity contribution in [2.24, 2.45) is 5.92 Å². The molecule has 2 amide bonds. The van der Waals surface area contributed by atoms with Crippen LogP contribution in [-0.4, -0.2) is 35.5 Å². The Bertz CT molecular complexity index is 268. The molecule has 16 heavy (non-hydrogen) atoms. The molecule has 0 aromatic rings. The fraction of sp³-hybridized carbons (Fsp3) is 0.667. The Hall–Kier alpha value is -0.860. The lowest BCUT2D eigenvalue weighted by Crippen LogP contribution is -2.38. The first-order valence-electron chi connectivity index (χ1n) is 4.77. The Kier molecular flexibility index (Phi) is 7.86. The zero-order valence-corrected chi connectivity index (χ0v) is 11.4. The maximum Gasteiger partial charge on any atom is 0.407 e. The van der Waals surface area contributed by atoms with Crippen molar-refractivity contribution < 1.29 is 19.1 Å². The van der Waals surface area contributed by atoms with Gasteiger partial charge in [-0.2, -0.15) is 0 Å². The molecule has 0 aliphatic rings. The Morgan fingerprint density at radius 2 is 1.81 bits per heavy atom. The van der Waals surface area contributed by atoms with Crippen LogP contribution in [0.2, 0.25) is 0 Å². The van der Waals surface area contributed by atoms with Crippen molar-refractivity contribution in [3.63, 3.8) is 0 Å². The van der Waals surface area contributed by atoms with Gasteiger partial charge >= 0.3 is 6.09 Å². The molecule has 0 rings (SSSR count). The zero-order chi connectivity index (χ0) is 12.6. The SMILES string of the molecule is CC(C)COC(=O)NCC(=O)NCC(=O)I. The normalized spacial score (nSPS) is 9.75. The summed E-state index contributed by atoms with van der Waals surface area (Å²) in [5, 5.41) is 4.61. The monoisotopic (exact) mass is 342 g/mol. The first-order chi connectivity index (χ1) is 7.41. The molecule has 0 bridgehead atoms. The van der Waals surface area contributed by atoms with Crippen LogP contribution in [0.25, 0.3) is 0 Å². The molecule has 92 valence electrons. The summed E-state index contributed by atoms with van der Waals surface area (Å²) < 4.78 is 4.61. The lowest BCUT2D eigenvalue weighted by atomic mass is 10.2. The van der Waals surface area contributed by atoms with Crippen LogP contribution in [0.1, 0.15) is 13.8 Å². The van der Waals surface area contributed by atoms with E-state index in [0.29, 0.717) is 6.61 Å². The number of halogens is 1.